The highest BCUT2D eigenvalue weighted by molar-refractivity contribution is 5.82. The quantitative estimate of drug-likeness (QED) is 0.820. The molecule has 1 N–H and O–H groups in total. The highest BCUT2D eigenvalue weighted by Gasteiger charge is 2.17. The highest BCUT2D eigenvalue weighted by atomic mass is 16.4. The third-order valence-electron chi connectivity index (χ3n) is 4.70. The summed E-state index contributed by atoms with van der Waals surface area (Å²) < 4.78 is 5.42. The summed E-state index contributed by atoms with van der Waals surface area (Å²) in [7, 11) is 0. The van der Waals surface area contributed by atoms with Crippen LogP contribution in [-0.4, -0.2) is 29.9 Å². The summed E-state index contributed by atoms with van der Waals surface area (Å²) in [6.07, 6.45) is 3.29. The van der Waals surface area contributed by atoms with Gasteiger partial charge in [0.2, 0.25) is 5.91 Å². The van der Waals surface area contributed by atoms with Crippen molar-refractivity contribution in [2.75, 3.05) is 13.1 Å². The van der Waals surface area contributed by atoms with Crippen molar-refractivity contribution in [3.05, 3.63) is 45.3 Å². The molecule has 1 amide bonds. The van der Waals surface area contributed by atoms with Gasteiger partial charge in [-0.15, -0.1) is 0 Å². The van der Waals surface area contributed by atoms with Crippen LogP contribution in [0.3, 0.4) is 0 Å². The summed E-state index contributed by atoms with van der Waals surface area (Å²) >= 11 is 0. The molecule has 25 heavy (non-hydrogen) atoms. The first-order valence-corrected chi connectivity index (χ1v) is 9.06. The van der Waals surface area contributed by atoms with Gasteiger partial charge in [-0.25, -0.2) is 4.79 Å². The molecule has 0 radical (unpaired) electrons. The number of carbonyl (C=O) groups excluding carboxylic acids is 1. The molecule has 5 nitrogen and oxygen atoms in total. The van der Waals surface area contributed by atoms with Gasteiger partial charge in [-0.05, 0) is 68.5 Å². The number of nitrogens with one attached hydrogen (secondary N) is 1. The average Bonchev–Trinajstić information content (AvgIpc) is 2.98. The van der Waals surface area contributed by atoms with Gasteiger partial charge in [0.15, 0.2) is 0 Å². The van der Waals surface area contributed by atoms with Gasteiger partial charge in [0.25, 0.3) is 0 Å². The molecule has 0 fully saturated rings. The molecule has 0 aliphatic heterocycles. The lowest BCUT2D eigenvalue weighted by molar-refractivity contribution is -0.122. The molecule has 0 saturated heterocycles. The van der Waals surface area contributed by atoms with E-state index in [1.165, 1.54) is 11.1 Å². The standard InChI is InChI=1S/C20H26N2O3/c1-4-22(12-19(23)21-13(2)3)11-16-10-20(24)25-18-9-15-7-5-6-14(15)8-17(16)18/h8-10,13H,4-7,11-12H2,1-3H3,(H,21,23). The third-order valence-corrected chi connectivity index (χ3v) is 4.70. The fourth-order valence-electron chi connectivity index (χ4n) is 3.52. The molecule has 0 spiro atoms. The first-order valence-electron chi connectivity index (χ1n) is 9.06. The molecule has 3 rings (SSSR count). The van der Waals surface area contributed by atoms with Crippen LogP contribution in [0, 0.1) is 0 Å². The molecule has 134 valence electrons. The van der Waals surface area contributed by atoms with E-state index in [0.29, 0.717) is 18.7 Å². The second-order valence-electron chi connectivity index (χ2n) is 7.09. The Labute approximate surface area is 148 Å². The molecule has 1 aliphatic carbocycles. The van der Waals surface area contributed by atoms with E-state index in [1.54, 1.807) is 6.07 Å². The van der Waals surface area contributed by atoms with Crippen LogP contribution >= 0.6 is 0 Å². The molecular weight excluding hydrogens is 316 g/mol. The van der Waals surface area contributed by atoms with Gasteiger partial charge in [0, 0.05) is 24.0 Å². The summed E-state index contributed by atoms with van der Waals surface area (Å²) in [6, 6.07) is 5.87. The maximum Gasteiger partial charge on any atom is 0.336 e. The Kier molecular flexibility index (Phi) is 5.23. The molecular formula is C20H26N2O3. The maximum absolute atomic E-state index is 12.1. The molecule has 1 heterocycles. The SMILES string of the molecule is CCN(CC(=O)NC(C)C)Cc1cc(=O)oc2cc3c(cc12)CCC3. The number of nitrogens with zero attached hydrogens (tertiary/aromatic N) is 1. The van der Waals surface area contributed by atoms with Gasteiger partial charge in [-0.2, -0.15) is 0 Å². The number of likely N-dealkylation sites (N-methyl/N-ethyl adjacent to an activating group) is 1. The Morgan fingerprint density at radius 1 is 1.24 bits per heavy atom. The number of carbonyl (C=O) groups is 1. The summed E-state index contributed by atoms with van der Waals surface area (Å²) in [5.74, 6) is 0.00464. The van der Waals surface area contributed by atoms with Gasteiger partial charge < -0.3 is 9.73 Å². The normalized spacial score (nSPS) is 13.6. The van der Waals surface area contributed by atoms with E-state index in [9.17, 15) is 9.59 Å². The molecule has 1 aromatic carbocycles. The maximum atomic E-state index is 12.1. The van der Waals surface area contributed by atoms with Crippen LogP contribution in [0.5, 0.6) is 0 Å². The van der Waals surface area contributed by atoms with E-state index >= 15 is 0 Å². The smallest absolute Gasteiger partial charge is 0.336 e. The van der Waals surface area contributed by atoms with Crippen molar-refractivity contribution in [3.63, 3.8) is 0 Å². The monoisotopic (exact) mass is 342 g/mol. The Balaban J connectivity index is 1.89. The zero-order valence-corrected chi connectivity index (χ0v) is 15.2. The van der Waals surface area contributed by atoms with Crippen LogP contribution in [0.1, 0.15) is 43.9 Å². The molecule has 0 saturated carbocycles. The Morgan fingerprint density at radius 2 is 1.96 bits per heavy atom. The van der Waals surface area contributed by atoms with Crippen molar-refractivity contribution in [2.45, 2.75) is 52.6 Å². The largest absolute Gasteiger partial charge is 0.423 e. The van der Waals surface area contributed by atoms with Crippen LogP contribution in [0.25, 0.3) is 11.0 Å². The summed E-state index contributed by atoms with van der Waals surface area (Å²) in [4.78, 5) is 26.1. The van der Waals surface area contributed by atoms with E-state index in [4.69, 9.17) is 4.42 Å². The second-order valence-corrected chi connectivity index (χ2v) is 7.09. The van der Waals surface area contributed by atoms with Crippen LogP contribution in [0.2, 0.25) is 0 Å². The summed E-state index contributed by atoms with van der Waals surface area (Å²) in [6.45, 7) is 7.53. The summed E-state index contributed by atoms with van der Waals surface area (Å²) in [5.41, 5.74) is 3.90. The Bertz CT molecular complexity index is 839. The third kappa shape index (κ3) is 4.10. The van der Waals surface area contributed by atoms with Crippen molar-refractivity contribution in [1.82, 2.24) is 10.2 Å². The van der Waals surface area contributed by atoms with Gasteiger partial charge >= 0.3 is 5.63 Å². The number of aryl methyl sites for hydroxylation is 2. The molecule has 0 atom stereocenters. The Morgan fingerprint density at radius 3 is 2.64 bits per heavy atom. The lowest BCUT2D eigenvalue weighted by atomic mass is 10.0. The number of hydrogen-bond donors (Lipinski definition) is 1. The minimum Gasteiger partial charge on any atom is -0.423 e. The first kappa shape index (κ1) is 17.7. The molecule has 5 heteroatoms. The second kappa shape index (κ2) is 7.40. The van der Waals surface area contributed by atoms with Crippen molar-refractivity contribution in [2.24, 2.45) is 0 Å². The van der Waals surface area contributed by atoms with Gasteiger partial charge in [-0.1, -0.05) is 6.92 Å². The zero-order chi connectivity index (χ0) is 18.0. The number of benzene rings is 1. The Hall–Kier alpha value is -2.14. The number of rotatable bonds is 6. The van der Waals surface area contributed by atoms with E-state index < -0.39 is 0 Å². The van der Waals surface area contributed by atoms with Crippen LogP contribution in [0.15, 0.2) is 27.4 Å². The molecule has 1 aliphatic rings. The van der Waals surface area contributed by atoms with Gasteiger partial charge in [0.1, 0.15) is 5.58 Å². The summed E-state index contributed by atoms with van der Waals surface area (Å²) in [5, 5.41) is 3.90. The van der Waals surface area contributed by atoms with E-state index in [0.717, 1.165) is 36.8 Å². The highest BCUT2D eigenvalue weighted by Crippen LogP contribution is 2.28. The van der Waals surface area contributed by atoms with Crippen LogP contribution in [0.4, 0.5) is 0 Å². The zero-order valence-electron chi connectivity index (χ0n) is 15.2. The molecule has 0 unspecified atom stereocenters. The predicted molar refractivity (Wildman–Crippen MR) is 98.7 cm³/mol. The minimum absolute atomic E-state index is 0.00464. The number of fused-ring (bicyclic) bond motifs is 2. The molecule has 2 aromatic rings. The molecule has 1 aromatic heterocycles. The van der Waals surface area contributed by atoms with Crippen molar-refractivity contribution in [1.29, 1.82) is 0 Å². The lowest BCUT2D eigenvalue weighted by Crippen LogP contribution is -2.39. The van der Waals surface area contributed by atoms with Gasteiger partial charge in [0.05, 0.1) is 6.54 Å². The van der Waals surface area contributed by atoms with E-state index in [2.05, 4.69) is 11.4 Å². The predicted octanol–water partition coefficient (Wildman–Crippen LogP) is 2.63. The topological polar surface area (TPSA) is 62.6 Å². The van der Waals surface area contributed by atoms with Crippen LogP contribution < -0.4 is 10.9 Å². The number of hydrogen-bond acceptors (Lipinski definition) is 4. The van der Waals surface area contributed by atoms with Gasteiger partial charge in [-0.3, -0.25) is 9.69 Å². The first-order chi connectivity index (χ1) is 12.0. The minimum atomic E-state index is -0.330. The van der Waals surface area contributed by atoms with Crippen molar-refractivity contribution < 1.29 is 9.21 Å². The van der Waals surface area contributed by atoms with Crippen LogP contribution in [-0.2, 0) is 24.2 Å². The fourth-order valence-corrected chi connectivity index (χ4v) is 3.52. The average molecular weight is 342 g/mol. The number of amides is 1. The van der Waals surface area contributed by atoms with E-state index in [-0.39, 0.29) is 17.6 Å². The van der Waals surface area contributed by atoms with Crippen molar-refractivity contribution in [3.8, 4) is 0 Å². The van der Waals surface area contributed by atoms with Crippen molar-refractivity contribution >= 4 is 16.9 Å². The fraction of sp³-hybridized carbons (Fsp3) is 0.500. The van der Waals surface area contributed by atoms with E-state index in [1.807, 2.05) is 31.7 Å². The lowest BCUT2D eigenvalue weighted by Gasteiger charge is -2.21. The molecule has 0 bridgehead atoms.